The Morgan fingerprint density at radius 2 is 1.88 bits per heavy atom. The van der Waals surface area contributed by atoms with Gasteiger partial charge in [-0.2, -0.15) is 0 Å². The summed E-state index contributed by atoms with van der Waals surface area (Å²) in [4.78, 5) is 0. The average molecular weight is 224 g/mol. The van der Waals surface area contributed by atoms with E-state index in [4.69, 9.17) is 4.52 Å². The molecule has 1 aromatic heterocycles. The molecule has 0 spiro atoms. The van der Waals surface area contributed by atoms with Gasteiger partial charge in [-0.3, -0.25) is 0 Å². The summed E-state index contributed by atoms with van der Waals surface area (Å²) in [5.74, 6) is 1.61. The Kier molecular flexibility index (Phi) is 4.54. The van der Waals surface area contributed by atoms with Crippen molar-refractivity contribution >= 4 is 0 Å². The lowest BCUT2D eigenvalue weighted by molar-refractivity contribution is 0.355. The zero-order valence-corrected chi connectivity index (χ0v) is 11.3. The summed E-state index contributed by atoms with van der Waals surface area (Å²) >= 11 is 0. The molecule has 3 heteroatoms. The van der Waals surface area contributed by atoms with Crippen LogP contribution in [0.2, 0.25) is 0 Å². The van der Waals surface area contributed by atoms with Crippen LogP contribution in [-0.2, 0) is 0 Å². The summed E-state index contributed by atoms with van der Waals surface area (Å²) < 4.78 is 5.19. The molecule has 1 aromatic rings. The lowest BCUT2D eigenvalue weighted by atomic mass is 9.98. The van der Waals surface area contributed by atoms with Crippen LogP contribution in [-0.4, -0.2) is 11.2 Å². The van der Waals surface area contributed by atoms with Crippen molar-refractivity contribution in [3.8, 4) is 0 Å². The first-order valence-electron chi connectivity index (χ1n) is 6.16. The third kappa shape index (κ3) is 2.85. The average Bonchev–Trinajstić information content (AvgIpc) is 2.57. The van der Waals surface area contributed by atoms with E-state index in [0.29, 0.717) is 18.0 Å². The minimum Gasteiger partial charge on any atom is -0.361 e. The second kappa shape index (κ2) is 5.48. The van der Waals surface area contributed by atoms with Crippen molar-refractivity contribution in [2.24, 2.45) is 5.92 Å². The number of rotatable bonds is 5. The van der Waals surface area contributed by atoms with E-state index in [1.807, 2.05) is 13.8 Å². The van der Waals surface area contributed by atoms with Crippen molar-refractivity contribution in [1.82, 2.24) is 10.5 Å². The van der Waals surface area contributed by atoms with Crippen molar-refractivity contribution < 1.29 is 4.52 Å². The van der Waals surface area contributed by atoms with Gasteiger partial charge in [0.25, 0.3) is 0 Å². The van der Waals surface area contributed by atoms with Gasteiger partial charge in [-0.15, -0.1) is 0 Å². The molecule has 0 aliphatic rings. The zero-order valence-electron chi connectivity index (χ0n) is 11.3. The van der Waals surface area contributed by atoms with Gasteiger partial charge in [0.2, 0.25) is 0 Å². The highest BCUT2D eigenvalue weighted by molar-refractivity contribution is 5.24. The Morgan fingerprint density at radius 1 is 1.25 bits per heavy atom. The molecule has 1 rings (SSSR count). The monoisotopic (exact) mass is 224 g/mol. The predicted octanol–water partition coefficient (Wildman–Crippen LogP) is 3.38. The Labute approximate surface area is 98.6 Å². The van der Waals surface area contributed by atoms with Gasteiger partial charge in [-0.1, -0.05) is 25.4 Å². The molecule has 0 aromatic carbocycles. The van der Waals surface area contributed by atoms with Gasteiger partial charge in [-0.25, -0.2) is 0 Å². The van der Waals surface area contributed by atoms with E-state index in [0.717, 1.165) is 11.5 Å². The predicted molar refractivity (Wildman–Crippen MR) is 66.4 cm³/mol. The van der Waals surface area contributed by atoms with Gasteiger partial charge in [0.1, 0.15) is 5.76 Å². The highest BCUT2D eigenvalue weighted by Crippen LogP contribution is 2.22. The molecule has 1 heterocycles. The molecule has 0 radical (unpaired) electrons. The van der Waals surface area contributed by atoms with E-state index in [9.17, 15) is 0 Å². The molecule has 0 fully saturated rings. The van der Waals surface area contributed by atoms with Gasteiger partial charge in [0.15, 0.2) is 0 Å². The fourth-order valence-corrected chi connectivity index (χ4v) is 2.10. The lowest BCUT2D eigenvalue weighted by Crippen LogP contribution is -2.34. The number of aromatic nitrogens is 1. The number of hydrogen-bond acceptors (Lipinski definition) is 3. The van der Waals surface area contributed by atoms with E-state index in [2.05, 4.69) is 38.2 Å². The van der Waals surface area contributed by atoms with Crippen LogP contribution in [0.4, 0.5) is 0 Å². The Hall–Kier alpha value is -0.830. The summed E-state index contributed by atoms with van der Waals surface area (Å²) in [5, 5.41) is 7.61. The third-order valence-corrected chi connectivity index (χ3v) is 3.53. The first kappa shape index (κ1) is 13.2. The first-order chi connectivity index (χ1) is 7.47. The van der Waals surface area contributed by atoms with Gasteiger partial charge in [0, 0.05) is 17.6 Å². The van der Waals surface area contributed by atoms with Crippen LogP contribution >= 0.6 is 0 Å². The van der Waals surface area contributed by atoms with Gasteiger partial charge < -0.3 is 9.84 Å². The minimum absolute atomic E-state index is 0.301. The molecule has 0 amide bonds. The van der Waals surface area contributed by atoms with E-state index in [1.165, 1.54) is 12.0 Å². The molecule has 3 nitrogen and oxygen atoms in total. The molecule has 16 heavy (non-hydrogen) atoms. The Balaban J connectivity index is 2.69. The van der Waals surface area contributed by atoms with Gasteiger partial charge >= 0.3 is 0 Å². The summed E-state index contributed by atoms with van der Waals surface area (Å²) in [5.41, 5.74) is 2.20. The zero-order chi connectivity index (χ0) is 12.3. The third-order valence-electron chi connectivity index (χ3n) is 3.53. The maximum absolute atomic E-state index is 5.19. The highest BCUT2D eigenvalue weighted by Gasteiger charge is 2.19. The van der Waals surface area contributed by atoms with Crippen molar-refractivity contribution in [2.45, 2.75) is 60.0 Å². The molecular weight excluding hydrogens is 200 g/mol. The van der Waals surface area contributed by atoms with E-state index >= 15 is 0 Å². The molecule has 3 unspecified atom stereocenters. The molecule has 0 aliphatic carbocycles. The maximum Gasteiger partial charge on any atom is 0.138 e. The molecular formula is C13H24N2O. The number of nitrogens with zero attached hydrogens (tertiary/aromatic N) is 1. The normalized spacial score (nSPS) is 17.1. The summed E-state index contributed by atoms with van der Waals surface area (Å²) in [7, 11) is 0. The molecule has 92 valence electrons. The van der Waals surface area contributed by atoms with Crippen LogP contribution in [0.25, 0.3) is 0 Å². The van der Waals surface area contributed by atoms with Crippen molar-refractivity contribution in [1.29, 1.82) is 0 Å². The van der Waals surface area contributed by atoms with Gasteiger partial charge in [0.05, 0.1) is 5.69 Å². The van der Waals surface area contributed by atoms with Crippen LogP contribution in [0, 0.1) is 19.8 Å². The Bertz CT molecular complexity index is 313. The Morgan fingerprint density at radius 3 is 2.31 bits per heavy atom. The fraction of sp³-hybridized carbons (Fsp3) is 0.769. The fourth-order valence-electron chi connectivity index (χ4n) is 2.10. The molecule has 3 atom stereocenters. The first-order valence-corrected chi connectivity index (χ1v) is 6.16. The highest BCUT2D eigenvalue weighted by atomic mass is 16.5. The molecule has 0 aliphatic heterocycles. The van der Waals surface area contributed by atoms with E-state index in [-0.39, 0.29) is 0 Å². The van der Waals surface area contributed by atoms with Crippen LogP contribution < -0.4 is 5.32 Å². The van der Waals surface area contributed by atoms with Crippen LogP contribution in [0.5, 0.6) is 0 Å². The van der Waals surface area contributed by atoms with Crippen molar-refractivity contribution in [2.75, 3.05) is 0 Å². The second-order valence-electron chi connectivity index (χ2n) is 4.80. The lowest BCUT2D eigenvalue weighted by Gasteiger charge is -2.24. The standard InChI is InChI=1S/C13H24N2O/c1-7-8(2)9(3)14-10(4)13-11(5)15-16-12(13)6/h8-10,14H,7H2,1-6H3. The number of hydrogen-bond donors (Lipinski definition) is 1. The van der Waals surface area contributed by atoms with Crippen molar-refractivity contribution in [3.63, 3.8) is 0 Å². The SMILES string of the molecule is CCC(C)C(C)NC(C)c1c(C)noc1C. The molecule has 1 N–H and O–H groups in total. The topological polar surface area (TPSA) is 38.1 Å². The molecule has 0 bridgehead atoms. The quantitative estimate of drug-likeness (QED) is 0.833. The van der Waals surface area contributed by atoms with E-state index in [1.54, 1.807) is 0 Å². The number of aryl methyl sites for hydroxylation is 2. The van der Waals surface area contributed by atoms with Crippen LogP contribution in [0.3, 0.4) is 0 Å². The summed E-state index contributed by atoms with van der Waals surface area (Å²) in [6.45, 7) is 12.9. The van der Waals surface area contributed by atoms with Crippen LogP contribution in [0.15, 0.2) is 4.52 Å². The smallest absolute Gasteiger partial charge is 0.138 e. The van der Waals surface area contributed by atoms with Crippen molar-refractivity contribution in [3.05, 3.63) is 17.0 Å². The summed E-state index contributed by atoms with van der Waals surface area (Å²) in [6.07, 6.45) is 1.20. The van der Waals surface area contributed by atoms with E-state index < -0.39 is 0 Å². The number of nitrogens with one attached hydrogen (secondary N) is 1. The second-order valence-corrected chi connectivity index (χ2v) is 4.80. The maximum atomic E-state index is 5.19. The minimum atomic E-state index is 0.301. The largest absolute Gasteiger partial charge is 0.361 e. The van der Waals surface area contributed by atoms with Crippen LogP contribution in [0.1, 0.15) is 57.2 Å². The van der Waals surface area contributed by atoms with Gasteiger partial charge in [-0.05, 0) is 33.6 Å². The molecule has 0 saturated heterocycles. The molecule has 0 saturated carbocycles. The summed E-state index contributed by atoms with van der Waals surface area (Å²) in [6, 6.07) is 0.809.